The summed E-state index contributed by atoms with van der Waals surface area (Å²) < 4.78 is 4.64. The highest BCUT2D eigenvalue weighted by Gasteiger charge is 2.18. The van der Waals surface area contributed by atoms with Crippen LogP contribution in [0.1, 0.15) is 42.8 Å². The molecule has 90 valence electrons. The molecule has 0 saturated carbocycles. The third-order valence-corrected chi connectivity index (χ3v) is 3.54. The zero-order chi connectivity index (χ0) is 12.1. The van der Waals surface area contributed by atoms with Crippen molar-refractivity contribution in [3.63, 3.8) is 0 Å². The Morgan fingerprint density at radius 2 is 2.31 bits per heavy atom. The van der Waals surface area contributed by atoms with Crippen molar-refractivity contribution in [2.24, 2.45) is 5.73 Å². The topological polar surface area (TPSA) is 65.2 Å². The third kappa shape index (κ3) is 3.28. The summed E-state index contributed by atoms with van der Waals surface area (Å²) in [6.07, 6.45) is 0.300. The van der Waals surface area contributed by atoms with Crippen LogP contribution in [0.3, 0.4) is 0 Å². The van der Waals surface area contributed by atoms with Crippen LogP contribution in [0.15, 0.2) is 5.38 Å². The van der Waals surface area contributed by atoms with Gasteiger partial charge in [-0.25, -0.2) is 4.98 Å². The average molecular weight is 242 g/mol. The molecule has 0 aliphatic rings. The van der Waals surface area contributed by atoms with Gasteiger partial charge in [-0.3, -0.25) is 4.79 Å². The van der Waals surface area contributed by atoms with Gasteiger partial charge in [0.15, 0.2) is 0 Å². The molecular formula is C11H18N2O2S. The van der Waals surface area contributed by atoms with Crippen LogP contribution in [0.4, 0.5) is 0 Å². The van der Waals surface area contributed by atoms with E-state index in [4.69, 9.17) is 5.73 Å². The van der Waals surface area contributed by atoms with Gasteiger partial charge in [0.05, 0.1) is 24.2 Å². The summed E-state index contributed by atoms with van der Waals surface area (Å²) in [4.78, 5) is 15.7. The van der Waals surface area contributed by atoms with Crippen molar-refractivity contribution in [1.29, 1.82) is 0 Å². The smallest absolute Gasteiger partial charge is 0.306 e. The SMILES string of the molecule is COC(=O)CC(CN)c1csc(C(C)C)n1. The van der Waals surface area contributed by atoms with Gasteiger partial charge in [-0.15, -0.1) is 11.3 Å². The first-order valence-electron chi connectivity index (χ1n) is 5.30. The summed E-state index contributed by atoms with van der Waals surface area (Å²) in [7, 11) is 1.39. The van der Waals surface area contributed by atoms with Crippen LogP contribution in [0.25, 0.3) is 0 Å². The molecule has 1 heterocycles. The molecule has 1 aromatic heterocycles. The van der Waals surface area contributed by atoms with Crippen LogP contribution in [0.2, 0.25) is 0 Å². The van der Waals surface area contributed by atoms with E-state index in [1.165, 1.54) is 7.11 Å². The van der Waals surface area contributed by atoms with Crippen LogP contribution in [-0.4, -0.2) is 24.6 Å². The van der Waals surface area contributed by atoms with Crippen LogP contribution in [0, 0.1) is 0 Å². The minimum absolute atomic E-state index is 0.0313. The van der Waals surface area contributed by atoms with E-state index in [1.54, 1.807) is 11.3 Å². The molecule has 0 amide bonds. The van der Waals surface area contributed by atoms with E-state index < -0.39 is 0 Å². The van der Waals surface area contributed by atoms with Gasteiger partial charge in [0.25, 0.3) is 0 Å². The number of aromatic nitrogens is 1. The highest BCUT2D eigenvalue weighted by molar-refractivity contribution is 7.09. The van der Waals surface area contributed by atoms with E-state index >= 15 is 0 Å². The minimum Gasteiger partial charge on any atom is -0.469 e. The molecule has 0 radical (unpaired) electrons. The Labute approximate surface area is 99.8 Å². The third-order valence-electron chi connectivity index (χ3n) is 2.38. The first-order chi connectivity index (χ1) is 7.58. The van der Waals surface area contributed by atoms with Gasteiger partial charge in [-0.2, -0.15) is 0 Å². The van der Waals surface area contributed by atoms with Crippen molar-refractivity contribution >= 4 is 17.3 Å². The second-order valence-electron chi connectivity index (χ2n) is 3.98. The Kier molecular flexibility index (Phi) is 4.89. The van der Waals surface area contributed by atoms with Crippen molar-refractivity contribution in [2.45, 2.75) is 32.1 Å². The number of carbonyl (C=O) groups is 1. The van der Waals surface area contributed by atoms with Crippen molar-refractivity contribution in [2.75, 3.05) is 13.7 Å². The number of esters is 1. The number of methoxy groups -OCH3 is 1. The fraction of sp³-hybridized carbons (Fsp3) is 0.636. The zero-order valence-corrected chi connectivity index (χ0v) is 10.7. The highest BCUT2D eigenvalue weighted by Crippen LogP contribution is 2.25. The maximum atomic E-state index is 11.2. The number of carbonyl (C=O) groups excluding carboxylic acids is 1. The molecule has 4 nitrogen and oxygen atoms in total. The summed E-state index contributed by atoms with van der Waals surface area (Å²) in [5.74, 6) is 0.140. The normalized spacial score (nSPS) is 12.8. The first-order valence-corrected chi connectivity index (χ1v) is 6.18. The molecule has 1 rings (SSSR count). The molecule has 0 fully saturated rings. The van der Waals surface area contributed by atoms with Crippen LogP contribution in [-0.2, 0) is 9.53 Å². The van der Waals surface area contributed by atoms with Crippen LogP contribution in [0.5, 0.6) is 0 Å². The fourth-order valence-corrected chi connectivity index (χ4v) is 2.26. The summed E-state index contributed by atoms with van der Waals surface area (Å²) in [6.45, 7) is 4.61. The number of hydrogen-bond acceptors (Lipinski definition) is 5. The quantitative estimate of drug-likeness (QED) is 0.801. The minimum atomic E-state index is -0.241. The van der Waals surface area contributed by atoms with Crippen molar-refractivity contribution in [1.82, 2.24) is 4.98 Å². The van der Waals surface area contributed by atoms with Gasteiger partial charge >= 0.3 is 5.97 Å². The summed E-state index contributed by atoms with van der Waals surface area (Å²) >= 11 is 1.62. The second kappa shape index (κ2) is 5.96. The van der Waals surface area contributed by atoms with Gasteiger partial charge in [-0.05, 0) is 0 Å². The lowest BCUT2D eigenvalue weighted by molar-refractivity contribution is -0.141. The number of thiazole rings is 1. The summed E-state index contributed by atoms with van der Waals surface area (Å²) in [5.41, 5.74) is 6.55. The monoisotopic (exact) mass is 242 g/mol. The van der Waals surface area contributed by atoms with Crippen LogP contribution >= 0.6 is 11.3 Å². The first kappa shape index (κ1) is 13.1. The summed E-state index contributed by atoms with van der Waals surface area (Å²) in [6, 6.07) is 0. The lowest BCUT2D eigenvalue weighted by atomic mass is 10.0. The van der Waals surface area contributed by atoms with Crippen molar-refractivity contribution in [3.05, 3.63) is 16.1 Å². The molecule has 0 aliphatic heterocycles. The number of ether oxygens (including phenoxy) is 1. The second-order valence-corrected chi connectivity index (χ2v) is 4.87. The Morgan fingerprint density at radius 3 is 2.75 bits per heavy atom. The Hall–Kier alpha value is -0.940. The van der Waals surface area contributed by atoms with Crippen molar-refractivity contribution in [3.8, 4) is 0 Å². The number of nitrogens with two attached hydrogens (primary N) is 1. The Balaban J connectivity index is 2.74. The molecule has 0 spiro atoms. The van der Waals surface area contributed by atoms with Gasteiger partial charge in [0.1, 0.15) is 0 Å². The molecule has 0 aliphatic carbocycles. The lowest BCUT2D eigenvalue weighted by Crippen LogP contribution is -2.17. The Morgan fingerprint density at radius 1 is 1.62 bits per heavy atom. The van der Waals surface area contributed by atoms with Gasteiger partial charge in [0.2, 0.25) is 0 Å². The van der Waals surface area contributed by atoms with E-state index in [2.05, 4.69) is 23.6 Å². The standard InChI is InChI=1S/C11H18N2O2S/c1-7(2)11-13-9(6-16-11)8(5-12)4-10(14)15-3/h6-8H,4-5,12H2,1-3H3. The largest absolute Gasteiger partial charge is 0.469 e. The Bertz CT molecular complexity index is 350. The van der Waals surface area contributed by atoms with Gasteiger partial charge < -0.3 is 10.5 Å². The molecule has 16 heavy (non-hydrogen) atoms. The molecule has 0 bridgehead atoms. The molecule has 0 saturated heterocycles. The van der Waals surface area contributed by atoms with E-state index in [0.29, 0.717) is 18.9 Å². The van der Waals surface area contributed by atoms with E-state index in [0.717, 1.165) is 10.7 Å². The van der Waals surface area contributed by atoms with Gasteiger partial charge in [0, 0.05) is 23.8 Å². The summed E-state index contributed by atoms with van der Waals surface area (Å²) in [5, 5.41) is 3.06. The number of nitrogens with zero attached hydrogens (tertiary/aromatic N) is 1. The maximum absolute atomic E-state index is 11.2. The molecule has 5 heteroatoms. The predicted molar refractivity (Wildman–Crippen MR) is 64.6 cm³/mol. The molecule has 1 atom stereocenters. The van der Waals surface area contributed by atoms with E-state index in [1.807, 2.05) is 5.38 Å². The number of rotatable bonds is 5. The lowest BCUT2D eigenvalue weighted by Gasteiger charge is -2.10. The van der Waals surface area contributed by atoms with Crippen molar-refractivity contribution < 1.29 is 9.53 Å². The molecule has 0 aromatic carbocycles. The molecule has 1 unspecified atom stereocenters. The number of hydrogen-bond donors (Lipinski definition) is 1. The zero-order valence-electron chi connectivity index (χ0n) is 9.90. The van der Waals surface area contributed by atoms with Crippen LogP contribution < -0.4 is 5.73 Å². The predicted octanol–water partition coefficient (Wildman–Crippen LogP) is 1.87. The highest BCUT2D eigenvalue weighted by atomic mass is 32.1. The van der Waals surface area contributed by atoms with E-state index in [9.17, 15) is 4.79 Å². The molecule has 1 aromatic rings. The average Bonchev–Trinajstić information content (AvgIpc) is 2.74. The van der Waals surface area contributed by atoms with E-state index in [-0.39, 0.29) is 11.9 Å². The maximum Gasteiger partial charge on any atom is 0.306 e. The molecule has 2 N–H and O–H groups in total. The fourth-order valence-electron chi connectivity index (χ4n) is 1.35. The molecular weight excluding hydrogens is 224 g/mol. The van der Waals surface area contributed by atoms with Gasteiger partial charge in [-0.1, -0.05) is 13.8 Å².